The van der Waals surface area contributed by atoms with E-state index in [1.54, 1.807) is 24.3 Å². The smallest absolute Gasteiger partial charge is 0.265 e. The second-order valence-corrected chi connectivity index (χ2v) is 6.52. The molecule has 1 unspecified atom stereocenters. The Morgan fingerprint density at radius 1 is 1.00 bits per heavy atom. The van der Waals surface area contributed by atoms with Gasteiger partial charge in [-0.2, -0.15) is 0 Å². The number of carbonyl (C=O) groups excluding carboxylic acids is 2. The molecule has 2 N–H and O–H groups in total. The number of anilines is 1. The number of carbonyl (C=O) groups is 2. The van der Waals surface area contributed by atoms with Crippen LogP contribution in [0.4, 0.5) is 5.69 Å². The van der Waals surface area contributed by atoms with Crippen molar-refractivity contribution in [1.29, 1.82) is 0 Å². The van der Waals surface area contributed by atoms with E-state index < -0.39 is 6.10 Å². The average Bonchev–Trinajstić information content (AvgIpc) is 2.61. The molecule has 2 aromatic rings. The van der Waals surface area contributed by atoms with Gasteiger partial charge in [0, 0.05) is 17.3 Å². The molecule has 0 bridgehead atoms. The second kappa shape index (κ2) is 9.04. The Morgan fingerprint density at radius 3 is 2.15 bits per heavy atom. The fourth-order valence-corrected chi connectivity index (χ4v) is 2.38. The van der Waals surface area contributed by atoms with Gasteiger partial charge in [-0.1, -0.05) is 24.6 Å². The molecule has 0 saturated carbocycles. The Labute approximate surface area is 154 Å². The molecule has 0 fully saturated rings. The van der Waals surface area contributed by atoms with E-state index in [0.29, 0.717) is 23.4 Å². The molecule has 0 radical (unpaired) electrons. The normalized spacial score (nSPS) is 11.7. The number of hydrogen-bond acceptors (Lipinski definition) is 3. The third-order valence-electron chi connectivity index (χ3n) is 3.80. The van der Waals surface area contributed by atoms with Crippen LogP contribution in [0.25, 0.3) is 0 Å². The zero-order valence-electron chi connectivity index (χ0n) is 15.7. The van der Waals surface area contributed by atoms with E-state index in [-0.39, 0.29) is 17.9 Å². The van der Waals surface area contributed by atoms with Gasteiger partial charge in [0.1, 0.15) is 5.75 Å². The first-order valence-electron chi connectivity index (χ1n) is 8.84. The fourth-order valence-electron chi connectivity index (χ4n) is 2.38. The molecule has 5 nitrogen and oxygen atoms in total. The summed E-state index contributed by atoms with van der Waals surface area (Å²) < 4.78 is 5.78. The number of rotatable bonds is 7. The number of benzene rings is 2. The van der Waals surface area contributed by atoms with Crippen LogP contribution in [-0.4, -0.2) is 24.0 Å². The summed E-state index contributed by atoms with van der Waals surface area (Å²) in [6, 6.07) is 14.5. The van der Waals surface area contributed by atoms with Crippen LogP contribution in [0.1, 0.15) is 43.1 Å². The predicted octanol–water partition coefficient (Wildman–Crippen LogP) is 3.93. The fraction of sp³-hybridized carbons (Fsp3) is 0.333. The Bertz CT molecular complexity index is 737. The first-order valence-corrected chi connectivity index (χ1v) is 8.84. The van der Waals surface area contributed by atoms with E-state index >= 15 is 0 Å². The minimum atomic E-state index is -0.582. The molecule has 2 aromatic carbocycles. The number of ether oxygens (including phenoxy) is 1. The van der Waals surface area contributed by atoms with Crippen molar-refractivity contribution in [2.45, 2.75) is 46.3 Å². The third kappa shape index (κ3) is 5.62. The highest BCUT2D eigenvalue weighted by molar-refractivity contribution is 5.97. The van der Waals surface area contributed by atoms with Gasteiger partial charge in [0.25, 0.3) is 11.8 Å². The van der Waals surface area contributed by atoms with Gasteiger partial charge in [-0.3, -0.25) is 9.59 Å². The zero-order chi connectivity index (χ0) is 19.1. The van der Waals surface area contributed by atoms with E-state index in [1.165, 1.54) is 0 Å². The van der Waals surface area contributed by atoms with E-state index in [9.17, 15) is 9.59 Å². The average molecular weight is 354 g/mol. The lowest BCUT2D eigenvalue weighted by Gasteiger charge is -2.17. The predicted molar refractivity (Wildman–Crippen MR) is 104 cm³/mol. The van der Waals surface area contributed by atoms with Crippen molar-refractivity contribution in [1.82, 2.24) is 5.32 Å². The SMILES string of the molecule is CCC(Oc1ccc(C)cc1)C(=O)Nc1ccc(C(=O)NC(C)C)cc1. The number of amides is 2. The number of nitrogens with one attached hydrogen (secondary N) is 2. The van der Waals surface area contributed by atoms with Gasteiger partial charge in [-0.15, -0.1) is 0 Å². The van der Waals surface area contributed by atoms with Crippen LogP contribution in [0.15, 0.2) is 48.5 Å². The summed E-state index contributed by atoms with van der Waals surface area (Å²) in [5.41, 5.74) is 2.32. The zero-order valence-corrected chi connectivity index (χ0v) is 15.7. The van der Waals surface area contributed by atoms with Crippen LogP contribution >= 0.6 is 0 Å². The van der Waals surface area contributed by atoms with Gasteiger partial charge >= 0.3 is 0 Å². The summed E-state index contributed by atoms with van der Waals surface area (Å²) >= 11 is 0. The highest BCUT2D eigenvalue weighted by Crippen LogP contribution is 2.16. The molecule has 0 spiro atoms. The molecule has 26 heavy (non-hydrogen) atoms. The molecule has 5 heteroatoms. The van der Waals surface area contributed by atoms with Crippen molar-refractivity contribution in [2.24, 2.45) is 0 Å². The van der Waals surface area contributed by atoms with Crippen molar-refractivity contribution in [2.75, 3.05) is 5.32 Å². The van der Waals surface area contributed by atoms with Crippen molar-refractivity contribution in [3.63, 3.8) is 0 Å². The molecule has 0 heterocycles. The highest BCUT2D eigenvalue weighted by atomic mass is 16.5. The molecule has 2 amide bonds. The maximum atomic E-state index is 12.5. The maximum Gasteiger partial charge on any atom is 0.265 e. The first-order chi connectivity index (χ1) is 12.4. The number of aryl methyl sites for hydroxylation is 1. The van der Waals surface area contributed by atoms with E-state index in [4.69, 9.17) is 4.74 Å². The summed E-state index contributed by atoms with van der Waals surface area (Å²) in [6.45, 7) is 7.72. The Morgan fingerprint density at radius 2 is 1.62 bits per heavy atom. The lowest BCUT2D eigenvalue weighted by molar-refractivity contribution is -0.122. The quantitative estimate of drug-likeness (QED) is 0.792. The molecule has 0 aliphatic rings. The van der Waals surface area contributed by atoms with E-state index in [2.05, 4.69) is 10.6 Å². The molecule has 1 atom stereocenters. The van der Waals surface area contributed by atoms with Gasteiger partial charge in [0.05, 0.1) is 0 Å². The van der Waals surface area contributed by atoms with Gasteiger partial charge in [-0.25, -0.2) is 0 Å². The molecule has 2 rings (SSSR count). The van der Waals surface area contributed by atoms with Gasteiger partial charge < -0.3 is 15.4 Å². The maximum absolute atomic E-state index is 12.5. The Balaban J connectivity index is 1.98. The summed E-state index contributed by atoms with van der Waals surface area (Å²) in [4.78, 5) is 24.4. The Kier molecular flexibility index (Phi) is 6.78. The largest absolute Gasteiger partial charge is 0.481 e. The van der Waals surface area contributed by atoms with Crippen molar-refractivity contribution < 1.29 is 14.3 Å². The van der Waals surface area contributed by atoms with Crippen LogP contribution in [0.5, 0.6) is 5.75 Å². The minimum absolute atomic E-state index is 0.0751. The van der Waals surface area contributed by atoms with Crippen molar-refractivity contribution >= 4 is 17.5 Å². The minimum Gasteiger partial charge on any atom is -0.481 e. The van der Waals surface area contributed by atoms with Crippen LogP contribution in [0.2, 0.25) is 0 Å². The summed E-state index contributed by atoms with van der Waals surface area (Å²) in [5, 5.41) is 5.67. The summed E-state index contributed by atoms with van der Waals surface area (Å²) in [6.07, 6.45) is -0.0316. The summed E-state index contributed by atoms with van der Waals surface area (Å²) in [5.74, 6) is 0.317. The van der Waals surface area contributed by atoms with E-state index in [0.717, 1.165) is 5.56 Å². The lowest BCUT2D eigenvalue weighted by atomic mass is 10.1. The Hall–Kier alpha value is -2.82. The van der Waals surface area contributed by atoms with Crippen LogP contribution in [-0.2, 0) is 4.79 Å². The topological polar surface area (TPSA) is 67.4 Å². The molecule has 138 valence electrons. The highest BCUT2D eigenvalue weighted by Gasteiger charge is 2.18. The molecule has 0 aliphatic carbocycles. The lowest BCUT2D eigenvalue weighted by Crippen LogP contribution is -2.32. The van der Waals surface area contributed by atoms with Crippen LogP contribution < -0.4 is 15.4 Å². The number of hydrogen-bond donors (Lipinski definition) is 2. The van der Waals surface area contributed by atoms with Gasteiger partial charge in [0.2, 0.25) is 0 Å². The molecular formula is C21H26N2O3. The van der Waals surface area contributed by atoms with Crippen molar-refractivity contribution in [3.05, 3.63) is 59.7 Å². The third-order valence-corrected chi connectivity index (χ3v) is 3.80. The van der Waals surface area contributed by atoms with E-state index in [1.807, 2.05) is 52.0 Å². The second-order valence-electron chi connectivity index (χ2n) is 6.52. The monoisotopic (exact) mass is 354 g/mol. The molecule has 0 saturated heterocycles. The standard InChI is InChI=1S/C21H26N2O3/c1-5-19(26-18-12-6-15(4)7-13-18)21(25)23-17-10-8-16(9-11-17)20(24)22-14(2)3/h6-14,19H,5H2,1-4H3,(H,22,24)(H,23,25). The molecule has 0 aliphatic heterocycles. The van der Waals surface area contributed by atoms with Crippen LogP contribution in [0, 0.1) is 6.92 Å². The van der Waals surface area contributed by atoms with Crippen molar-refractivity contribution in [3.8, 4) is 5.75 Å². The first kappa shape index (κ1) is 19.5. The van der Waals surface area contributed by atoms with Gasteiger partial charge in [-0.05, 0) is 63.6 Å². The molecule has 0 aromatic heterocycles. The van der Waals surface area contributed by atoms with Gasteiger partial charge in [0.15, 0.2) is 6.10 Å². The summed E-state index contributed by atoms with van der Waals surface area (Å²) in [7, 11) is 0. The molecular weight excluding hydrogens is 328 g/mol. The van der Waals surface area contributed by atoms with Crippen LogP contribution in [0.3, 0.4) is 0 Å².